The zero-order valence-corrected chi connectivity index (χ0v) is 20.0. The van der Waals surface area contributed by atoms with Crippen LogP contribution in [0.1, 0.15) is 49.3 Å². The van der Waals surface area contributed by atoms with E-state index in [4.69, 9.17) is 16.3 Å². The van der Waals surface area contributed by atoms with Crippen LogP contribution in [-0.4, -0.2) is 18.1 Å². The lowest BCUT2D eigenvalue weighted by Gasteiger charge is -2.29. The Morgan fingerprint density at radius 3 is 2.06 bits per heavy atom. The quantitative estimate of drug-likeness (QED) is 0.362. The highest BCUT2D eigenvalue weighted by atomic mass is 35.5. The van der Waals surface area contributed by atoms with Gasteiger partial charge in [-0.1, -0.05) is 61.0 Å². The van der Waals surface area contributed by atoms with E-state index >= 15 is 0 Å². The molecule has 0 bridgehead atoms. The summed E-state index contributed by atoms with van der Waals surface area (Å²) in [5, 5.41) is 3.62. The molecule has 1 amide bonds. The van der Waals surface area contributed by atoms with Crippen molar-refractivity contribution in [3.05, 3.63) is 101 Å². The highest BCUT2D eigenvalue weighted by Gasteiger charge is 2.33. The predicted molar refractivity (Wildman–Crippen MR) is 128 cm³/mol. The van der Waals surface area contributed by atoms with Gasteiger partial charge in [0.1, 0.15) is 5.75 Å². The zero-order valence-electron chi connectivity index (χ0n) is 19.2. The van der Waals surface area contributed by atoms with Crippen molar-refractivity contribution < 1.29 is 22.7 Å². The highest BCUT2D eigenvalue weighted by molar-refractivity contribution is 6.30. The first-order chi connectivity index (χ1) is 16.0. The maximum atomic E-state index is 13.0. The number of halogens is 4. The van der Waals surface area contributed by atoms with Crippen LogP contribution in [-0.2, 0) is 11.0 Å². The maximum Gasteiger partial charge on any atom is 0.416 e. The summed E-state index contributed by atoms with van der Waals surface area (Å²) < 4.78 is 44.1. The van der Waals surface area contributed by atoms with Gasteiger partial charge in [-0.15, -0.1) is 0 Å². The van der Waals surface area contributed by atoms with Gasteiger partial charge in [0, 0.05) is 17.5 Å². The van der Waals surface area contributed by atoms with Crippen LogP contribution < -0.4 is 10.1 Å². The standard InChI is InChI=1S/C27H27ClF3NO2/c1-18(19-9-13-22(28)14-10-19)24(20-7-5-4-6-8-20)17-32-25(33)26(2,3)34-23-15-11-21(12-16-23)27(29,30)31/h4-16,18,24H,17H2,1-3H3,(H,32,33)/t18-,24+/m1/s1. The summed E-state index contributed by atoms with van der Waals surface area (Å²) in [5.41, 5.74) is 0.105. The predicted octanol–water partition coefficient (Wildman–Crippen LogP) is 7.22. The lowest BCUT2D eigenvalue weighted by atomic mass is 9.82. The van der Waals surface area contributed by atoms with Gasteiger partial charge in [-0.2, -0.15) is 13.2 Å². The third-order valence-electron chi connectivity index (χ3n) is 5.81. The van der Waals surface area contributed by atoms with Gasteiger partial charge >= 0.3 is 6.18 Å². The number of carbonyl (C=O) groups excluding carboxylic acids is 1. The smallest absolute Gasteiger partial charge is 0.416 e. The molecule has 0 heterocycles. The Morgan fingerprint density at radius 1 is 0.912 bits per heavy atom. The van der Waals surface area contributed by atoms with Gasteiger partial charge in [-0.3, -0.25) is 4.79 Å². The lowest BCUT2D eigenvalue weighted by molar-refractivity contribution is -0.138. The first-order valence-electron chi connectivity index (χ1n) is 10.9. The maximum absolute atomic E-state index is 13.0. The second kappa shape index (κ2) is 10.5. The molecule has 3 aromatic carbocycles. The van der Waals surface area contributed by atoms with E-state index in [-0.39, 0.29) is 23.5 Å². The average molecular weight is 490 g/mol. The minimum Gasteiger partial charge on any atom is -0.478 e. The third kappa shape index (κ3) is 6.54. The molecule has 0 spiro atoms. The fourth-order valence-corrected chi connectivity index (χ4v) is 3.88. The second-order valence-electron chi connectivity index (χ2n) is 8.70. The van der Waals surface area contributed by atoms with E-state index in [1.807, 2.05) is 54.6 Å². The molecule has 0 radical (unpaired) electrons. The molecule has 180 valence electrons. The van der Waals surface area contributed by atoms with E-state index in [1.165, 1.54) is 12.1 Å². The average Bonchev–Trinajstić information content (AvgIpc) is 2.79. The normalized spacial score (nSPS) is 13.7. The first kappa shape index (κ1) is 25.6. The molecule has 0 aliphatic heterocycles. The van der Waals surface area contributed by atoms with Crippen molar-refractivity contribution in [1.29, 1.82) is 0 Å². The van der Waals surface area contributed by atoms with Crippen molar-refractivity contribution in [2.45, 2.75) is 44.4 Å². The van der Waals surface area contributed by atoms with E-state index in [0.717, 1.165) is 23.3 Å². The number of alkyl halides is 3. The molecule has 0 unspecified atom stereocenters. The van der Waals surface area contributed by atoms with Crippen LogP contribution in [0.3, 0.4) is 0 Å². The van der Waals surface area contributed by atoms with Crippen molar-refractivity contribution in [3.63, 3.8) is 0 Å². The summed E-state index contributed by atoms with van der Waals surface area (Å²) >= 11 is 6.04. The van der Waals surface area contributed by atoms with Gasteiger partial charge in [0.15, 0.2) is 5.60 Å². The van der Waals surface area contributed by atoms with E-state index in [2.05, 4.69) is 12.2 Å². The van der Waals surface area contributed by atoms with Crippen LogP contribution in [0.15, 0.2) is 78.9 Å². The fourth-order valence-electron chi connectivity index (χ4n) is 3.75. The fraction of sp³-hybridized carbons (Fsp3) is 0.296. The Morgan fingerprint density at radius 2 is 1.50 bits per heavy atom. The summed E-state index contributed by atoms with van der Waals surface area (Å²) in [5.74, 6) is -0.119. The van der Waals surface area contributed by atoms with Gasteiger partial charge in [-0.25, -0.2) is 0 Å². The summed E-state index contributed by atoms with van der Waals surface area (Å²) in [4.78, 5) is 13.0. The SMILES string of the molecule is C[C@H](c1ccc(Cl)cc1)[C@H](CNC(=O)C(C)(C)Oc1ccc(C(F)(F)F)cc1)c1ccccc1. The molecular weight excluding hydrogens is 463 g/mol. The molecule has 0 aliphatic carbocycles. The molecule has 3 nitrogen and oxygen atoms in total. The number of benzene rings is 3. The first-order valence-corrected chi connectivity index (χ1v) is 11.3. The number of nitrogens with one attached hydrogen (secondary N) is 1. The minimum absolute atomic E-state index is 0.0202. The molecule has 0 aromatic heterocycles. The molecular formula is C27H27ClF3NO2. The van der Waals surface area contributed by atoms with Crippen molar-refractivity contribution in [3.8, 4) is 5.75 Å². The molecule has 1 N–H and O–H groups in total. The molecule has 0 saturated carbocycles. The number of amides is 1. The van der Waals surface area contributed by atoms with Gasteiger partial charge in [0.25, 0.3) is 5.91 Å². The molecule has 34 heavy (non-hydrogen) atoms. The molecule has 0 saturated heterocycles. The largest absolute Gasteiger partial charge is 0.478 e. The Kier molecular flexibility index (Phi) is 7.93. The number of carbonyl (C=O) groups is 1. The van der Waals surface area contributed by atoms with Crippen LogP contribution in [0.2, 0.25) is 5.02 Å². The number of hydrogen-bond acceptors (Lipinski definition) is 2. The summed E-state index contributed by atoms with van der Waals surface area (Å²) in [6.45, 7) is 5.61. The monoisotopic (exact) mass is 489 g/mol. The van der Waals surface area contributed by atoms with Crippen LogP contribution in [0, 0.1) is 0 Å². The Hall–Kier alpha value is -2.99. The molecule has 7 heteroatoms. The molecule has 3 rings (SSSR count). The molecule has 0 fully saturated rings. The summed E-state index contributed by atoms with van der Waals surface area (Å²) in [6, 6.07) is 21.8. The van der Waals surface area contributed by atoms with E-state index < -0.39 is 17.3 Å². The van der Waals surface area contributed by atoms with Crippen LogP contribution >= 0.6 is 11.6 Å². The summed E-state index contributed by atoms with van der Waals surface area (Å²) in [7, 11) is 0. The minimum atomic E-state index is -4.43. The Balaban J connectivity index is 1.72. The van der Waals surface area contributed by atoms with Crippen LogP contribution in [0.25, 0.3) is 0 Å². The van der Waals surface area contributed by atoms with Crippen molar-refractivity contribution >= 4 is 17.5 Å². The third-order valence-corrected chi connectivity index (χ3v) is 6.06. The molecule has 0 aliphatic rings. The van der Waals surface area contributed by atoms with E-state index in [1.54, 1.807) is 13.8 Å². The van der Waals surface area contributed by atoms with Crippen LogP contribution in [0.5, 0.6) is 5.75 Å². The van der Waals surface area contributed by atoms with Gasteiger partial charge in [0.05, 0.1) is 5.56 Å². The van der Waals surface area contributed by atoms with Gasteiger partial charge < -0.3 is 10.1 Å². The topological polar surface area (TPSA) is 38.3 Å². The van der Waals surface area contributed by atoms with Gasteiger partial charge in [-0.05, 0) is 67.3 Å². The highest BCUT2D eigenvalue weighted by Crippen LogP contribution is 2.34. The van der Waals surface area contributed by atoms with E-state index in [0.29, 0.717) is 11.6 Å². The van der Waals surface area contributed by atoms with Crippen molar-refractivity contribution in [2.75, 3.05) is 6.54 Å². The van der Waals surface area contributed by atoms with Crippen molar-refractivity contribution in [2.24, 2.45) is 0 Å². The zero-order chi connectivity index (χ0) is 24.9. The van der Waals surface area contributed by atoms with Crippen molar-refractivity contribution in [1.82, 2.24) is 5.32 Å². The van der Waals surface area contributed by atoms with Gasteiger partial charge in [0.2, 0.25) is 0 Å². The lowest BCUT2D eigenvalue weighted by Crippen LogP contribution is -2.47. The van der Waals surface area contributed by atoms with Crippen LogP contribution in [0.4, 0.5) is 13.2 Å². The molecule has 2 atom stereocenters. The molecule has 3 aromatic rings. The number of hydrogen-bond donors (Lipinski definition) is 1. The Bertz CT molecular complexity index is 1080. The number of rotatable bonds is 8. The Labute approximate surface area is 202 Å². The second-order valence-corrected chi connectivity index (χ2v) is 9.14. The van der Waals surface area contributed by atoms with E-state index in [9.17, 15) is 18.0 Å². The number of ether oxygens (including phenoxy) is 1. The summed E-state index contributed by atoms with van der Waals surface area (Å²) in [6.07, 6.45) is -4.43.